The van der Waals surface area contributed by atoms with Crippen LogP contribution < -0.4 is 5.73 Å². The Morgan fingerprint density at radius 3 is 2.63 bits per heavy atom. The number of hydrogen-bond acceptors (Lipinski definition) is 3. The van der Waals surface area contributed by atoms with Crippen LogP contribution in [0.4, 0.5) is 4.39 Å². The van der Waals surface area contributed by atoms with Crippen LogP contribution in [0.3, 0.4) is 0 Å². The molecule has 5 heteroatoms. The minimum atomic E-state index is -0.546. The van der Waals surface area contributed by atoms with E-state index in [4.69, 9.17) is 5.73 Å². The molecule has 0 aromatic heterocycles. The van der Waals surface area contributed by atoms with Crippen LogP contribution >= 0.6 is 0 Å². The van der Waals surface area contributed by atoms with Crippen LogP contribution in [0.1, 0.15) is 31.1 Å². The summed E-state index contributed by atoms with van der Waals surface area (Å²) in [6, 6.07) is 3.35. The molecule has 0 radical (unpaired) electrons. The van der Waals surface area contributed by atoms with Crippen LogP contribution in [0.2, 0.25) is 0 Å². The van der Waals surface area contributed by atoms with Gasteiger partial charge in [-0.25, -0.2) is 4.39 Å². The first-order chi connectivity index (χ1) is 8.80. The van der Waals surface area contributed by atoms with Crippen LogP contribution in [0.25, 0.3) is 0 Å². The zero-order valence-corrected chi connectivity index (χ0v) is 11.6. The highest BCUT2D eigenvalue weighted by atomic mass is 19.1. The highest BCUT2D eigenvalue weighted by Crippen LogP contribution is 2.22. The molecular formula is C14H21FN2O2. The lowest BCUT2D eigenvalue weighted by Crippen LogP contribution is -2.42. The minimum Gasteiger partial charge on any atom is -0.507 e. The van der Waals surface area contributed by atoms with Crippen molar-refractivity contribution < 1.29 is 14.3 Å². The summed E-state index contributed by atoms with van der Waals surface area (Å²) in [5, 5.41) is 9.67. The van der Waals surface area contributed by atoms with E-state index in [1.54, 1.807) is 4.90 Å². The van der Waals surface area contributed by atoms with Gasteiger partial charge in [-0.05, 0) is 37.1 Å². The fraction of sp³-hybridized carbons (Fsp3) is 0.500. The Morgan fingerprint density at radius 1 is 1.47 bits per heavy atom. The van der Waals surface area contributed by atoms with Crippen LogP contribution in [0.15, 0.2) is 18.2 Å². The summed E-state index contributed by atoms with van der Waals surface area (Å²) < 4.78 is 13.2. The van der Waals surface area contributed by atoms with E-state index < -0.39 is 5.82 Å². The molecule has 3 N–H and O–H groups in total. The molecule has 0 bridgehead atoms. The van der Waals surface area contributed by atoms with Crippen LogP contribution in [0, 0.1) is 11.2 Å². The molecule has 0 fully saturated rings. The van der Waals surface area contributed by atoms with Crippen molar-refractivity contribution in [3.8, 4) is 5.75 Å². The maximum atomic E-state index is 13.2. The summed E-state index contributed by atoms with van der Waals surface area (Å²) in [6.07, 6.45) is 0. The molecule has 1 aromatic rings. The summed E-state index contributed by atoms with van der Waals surface area (Å²) >= 11 is 0. The summed E-state index contributed by atoms with van der Waals surface area (Å²) in [4.78, 5) is 13.9. The van der Waals surface area contributed by atoms with Gasteiger partial charge in [0.15, 0.2) is 0 Å². The summed E-state index contributed by atoms with van der Waals surface area (Å²) in [5.74, 6) is -1.15. The number of rotatable bonds is 5. The Morgan fingerprint density at radius 2 is 2.11 bits per heavy atom. The average Bonchev–Trinajstić information content (AvgIpc) is 2.38. The molecular weight excluding hydrogens is 247 g/mol. The minimum absolute atomic E-state index is 0.0188. The quantitative estimate of drug-likeness (QED) is 0.858. The van der Waals surface area contributed by atoms with E-state index in [-0.39, 0.29) is 22.6 Å². The summed E-state index contributed by atoms with van der Waals surface area (Å²) in [6.45, 7) is 7.10. The molecule has 0 atom stereocenters. The van der Waals surface area contributed by atoms with Gasteiger partial charge in [-0.15, -0.1) is 0 Å². The van der Waals surface area contributed by atoms with E-state index >= 15 is 0 Å². The lowest BCUT2D eigenvalue weighted by atomic mass is 9.93. The normalized spacial score (nSPS) is 11.4. The smallest absolute Gasteiger partial charge is 0.257 e. The SMILES string of the molecule is CCN(CC(C)(C)CN)C(=O)c1cc(F)ccc1O. The number of carbonyl (C=O) groups is 1. The standard InChI is InChI=1S/C14H21FN2O2/c1-4-17(9-14(2,3)8-16)13(19)11-7-10(15)5-6-12(11)18/h5-7,18H,4,8-9,16H2,1-3H3. The lowest BCUT2D eigenvalue weighted by Gasteiger charge is -2.31. The second-order valence-electron chi connectivity index (χ2n) is 5.35. The monoisotopic (exact) mass is 268 g/mol. The molecule has 0 heterocycles. The lowest BCUT2D eigenvalue weighted by molar-refractivity contribution is 0.0697. The third-order valence-corrected chi connectivity index (χ3v) is 3.03. The van der Waals surface area contributed by atoms with Crippen molar-refractivity contribution in [2.24, 2.45) is 11.1 Å². The van der Waals surface area contributed by atoms with Gasteiger partial charge in [-0.3, -0.25) is 4.79 Å². The van der Waals surface area contributed by atoms with Gasteiger partial charge in [-0.1, -0.05) is 13.8 Å². The van der Waals surface area contributed by atoms with E-state index in [0.29, 0.717) is 19.6 Å². The Hall–Kier alpha value is -1.62. The first-order valence-electron chi connectivity index (χ1n) is 6.28. The molecule has 0 aliphatic rings. The number of carbonyl (C=O) groups excluding carboxylic acids is 1. The molecule has 19 heavy (non-hydrogen) atoms. The van der Waals surface area contributed by atoms with Gasteiger partial charge in [0.2, 0.25) is 0 Å². The van der Waals surface area contributed by atoms with Crippen molar-refractivity contribution in [1.29, 1.82) is 0 Å². The van der Waals surface area contributed by atoms with E-state index in [0.717, 1.165) is 12.1 Å². The maximum Gasteiger partial charge on any atom is 0.257 e. The number of phenolic OH excluding ortho intramolecular Hbond substituents is 1. The topological polar surface area (TPSA) is 66.6 Å². The van der Waals surface area contributed by atoms with E-state index in [2.05, 4.69) is 0 Å². The van der Waals surface area contributed by atoms with Gasteiger partial charge in [0.1, 0.15) is 11.6 Å². The Balaban J connectivity index is 2.99. The number of phenols is 1. The molecule has 1 amide bonds. The number of aromatic hydroxyl groups is 1. The predicted octanol–water partition coefficient (Wildman–Crippen LogP) is 1.98. The van der Waals surface area contributed by atoms with Gasteiger partial charge < -0.3 is 15.7 Å². The third kappa shape index (κ3) is 3.92. The molecule has 0 unspecified atom stereocenters. The molecule has 0 saturated carbocycles. The maximum absolute atomic E-state index is 13.2. The second kappa shape index (κ2) is 6.02. The Bertz CT molecular complexity index is 461. The summed E-state index contributed by atoms with van der Waals surface area (Å²) in [5.41, 5.74) is 5.41. The average molecular weight is 268 g/mol. The van der Waals surface area contributed by atoms with Crippen molar-refractivity contribution in [3.05, 3.63) is 29.6 Å². The van der Waals surface area contributed by atoms with Gasteiger partial charge >= 0.3 is 0 Å². The number of nitrogens with zero attached hydrogens (tertiary/aromatic N) is 1. The fourth-order valence-corrected chi connectivity index (χ4v) is 1.76. The van der Waals surface area contributed by atoms with Crippen LogP contribution in [-0.4, -0.2) is 35.5 Å². The molecule has 1 aromatic carbocycles. The van der Waals surface area contributed by atoms with Crippen molar-refractivity contribution in [1.82, 2.24) is 4.90 Å². The molecule has 0 aliphatic heterocycles. The third-order valence-electron chi connectivity index (χ3n) is 3.03. The number of amides is 1. The predicted molar refractivity (Wildman–Crippen MR) is 72.5 cm³/mol. The number of halogens is 1. The molecule has 0 saturated heterocycles. The highest BCUT2D eigenvalue weighted by molar-refractivity contribution is 5.96. The number of nitrogens with two attached hydrogens (primary N) is 1. The van der Waals surface area contributed by atoms with E-state index in [9.17, 15) is 14.3 Å². The summed E-state index contributed by atoms with van der Waals surface area (Å²) in [7, 11) is 0. The van der Waals surface area contributed by atoms with Gasteiger partial charge in [0, 0.05) is 13.1 Å². The van der Waals surface area contributed by atoms with Crippen molar-refractivity contribution in [2.75, 3.05) is 19.6 Å². The van der Waals surface area contributed by atoms with Gasteiger partial charge in [0.05, 0.1) is 5.56 Å². The molecule has 0 spiro atoms. The van der Waals surface area contributed by atoms with E-state index in [1.165, 1.54) is 6.07 Å². The van der Waals surface area contributed by atoms with E-state index in [1.807, 2.05) is 20.8 Å². The van der Waals surface area contributed by atoms with Crippen molar-refractivity contribution in [3.63, 3.8) is 0 Å². The first-order valence-corrected chi connectivity index (χ1v) is 6.28. The largest absolute Gasteiger partial charge is 0.507 e. The molecule has 106 valence electrons. The zero-order chi connectivity index (χ0) is 14.6. The number of benzene rings is 1. The highest BCUT2D eigenvalue weighted by Gasteiger charge is 2.25. The molecule has 0 aliphatic carbocycles. The number of hydrogen-bond donors (Lipinski definition) is 2. The van der Waals surface area contributed by atoms with Crippen LogP contribution in [0.5, 0.6) is 5.75 Å². The zero-order valence-electron chi connectivity index (χ0n) is 11.6. The van der Waals surface area contributed by atoms with Crippen molar-refractivity contribution >= 4 is 5.91 Å². The Labute approximate surface area is 113 Å². The fourth-order valence-electron chi connectivity index (χ4n) is 1.76. The second-order valence-corrected chi connectivity index (χ2v) is 5.35. The van der Waals surface area contributed by atoms with Crippen molar-refractivity contribution in [2.45, 2.75) is 20.8 Å². The first kappa shape index (κ1) is 15.4. The van der Waals surface area contributed by atoms with Crippen LogP contribution in [-0.2, 0) is 0 Å². The van der Waals surface area contributed by atoms with Gasteiger partial charge in [-0.2, -0.15) is 0 Å². The van der Waals surface area contributed by atoms with Gasteiger partial charge in [0.25, 0.3) is 5.91 Å². The molecule has 4 nitrogen and oxygen atoms in total. The molecule has 1 rings (SSSR count). The Kier molecular flexibility index (Phi) is 4.89.